The number of sulfonamides is 1. The first-order chi connectivity index (χ1) is 15.2. The standard InChI is InChI=1S/C21H24FN5O4S/c22-13-5-6-15-16(11-13)19-17(7-8-24-21(19)29)26-20(15)25-14-3-1-9-27(12-14)10-2-4-18(28)32(23,30)31/h5-8,11,14H,1-4,9-10,12H2,(H,24,29)(H,25,26)(H2,23,30,31)/t14-/m1/s1. The maximum atomic E-state index is 14.0. The van der Waals surface area contributed by atoms with Crippen molar-refractivity contribution in [2.75, 3.05) is 25.0 Å². The van der Waals surface area contributed by atoms with E-state index in [4.69, 9.17) is 5.14 Å². The predicted octanol–water partition coefficient (Wildman–Crippen LogP) is 1.69. The summed E-state index contributed by atoms with van der Waals surface area (Å²) in [6.45, 7) is 2.10. The molecule has 4 N–H and O–H groups in total. The van der Waals surface area contributed by atoms with Gasteiger partial charge in [0.15, 0.2) is 0 Å². The van der Waals surface area contributed by atoms with Crippen LogP contribution in [0.5, 0.6) is 0 Å². The average Bonchev–Trinajstić information content (AvgIpc) is 2.73. The highest BCUT2D eigenvalue weighted by atomic mass is 32.2. The van der Waals surface area contributed by atoms with Crippen molar-refractivity contribution in [3.05, 3.63) is 46.6 Å². The molecule has 11 heteroatoms. The summed E-state index contributed by atoms with van der Waals surface area (Å²) in [6, 6.07) is 6.04. The van der Waals surface area contributed by atoms with Gasteiger partial charge in [-0.05, 0) is 56.6 Å². The third kappa shape index (κ3) is 4.79. The number of carbonyl (C=O) groups is 1. The molecule has 170 valence electrons. The van der Waals surface area contributed by atoms with E-state index in [0.29, 0.717) is 47.0 Å². The third-order valence-corrected chi connectivity index (χ3v) is 6.53. The van der Waals surface area contributed by atoms with Crippen molar-refractivity contribution >= 4 is 42.6 Å². The Kier molecular flexibility index (Phi) is 6.22. The molecule has 1 aromatic carbocycles. The quantitative estimate of drug-likeness (QED) is 0.475. The van der Waals surface area contributed by atoms with Crippen molar-refractivity contribution in [3.8, 4) is 0 Å². The molecule has 2 aromatic heterocycles. The summed E-state index contributed by atoms with van der Waals surface area (Å²) >= 11 is 0. The third-order valence-electron chi connectivity index (χ3n) is 5.70. The van der Waals surface area contributed by atoms with Gasteiger partial charge in [-0.25, -0.2) is 22.9 Å². The molecular weight excluding hydrogens is 437 g/mol. The number of halogens is 1. The van der Waals surface area contributed by atoms with Gasteiger partial charge < -0.3 is 15.2 Å². The van der Waals surface area contributed by atoms with Crippen LogP contribution in [0.2, 0.25) is 0 Å². The van der Waals surface area contributed by atoms with Crippen LogP contribution in [0.15, 0.2) is 35.3 Å². The second-order valence-electron chi connectivity index (χ2n) is 8.02. The molecule has 1 aliphatic heterocycles. The number of aromatic amines is 1. The van der Waals surface area contributed by atoms with Crippen LogP contribution in [-0.2, 0) is 14.8 Å². The van der Waals surface area contributed by atoms with E-state index in [2.05, 4.69) is 20.2 Å². The van der Waals surface area contributed by atoms with E-state index in [-0.39, 0.29) is 18.0 Å². The molecule has 1 saturated heterocycles. The molecule has 4 rings (SSSR count). The van der Waals surface area contributed by atoms with Crippen LogP contribution in [0, 0.1) is 5.82 Å². The van der Waals surface area contributed by atoms with Crippen LogP contribution in [0.3, 0.4) is 0 Å². The molecule has 32 heavy (non-hydrogen) atoms. The number of primary sulfonamides is 1. The fraction of sp³-hybridized carbons (Fsp3) is 0.381. The van der Waals surface area contributed by atoms with Crippen LogP contribution in [0.4, 0.5) is 10.2 Å². The van der Waals surface area contributed by atoms with Crippen LogP contribution in [0.1, 0.15) is 25.7 Å². The maximum absolute atomic E-state index is 14.0. The molecule has 3 heterocycles. The Balaban J connectivity index is 1.53. The maximum Gasteiger partial charge on any atom is 0.271 e. The number of anilines is 1. The molecule has 0 bridgehead atoms. The predicted molar refractivity (Wildman–Crippen MR) is 120 cm³/mol. The van der Waals surface area contributed by atoms with E-state index < -0.39 is 21.0 Å². The molecule has 0 amide bonds. The zero-order chi connectivity index (χ0) is 22.9. The molecule has 0 radical (unpaired) electrons. The Hall–Kier alpha value is -2.89. The summed E-state index contributed by atoms with van der Waals surface area (Å²) in [5.41, 5.74) is 0.151. The van der Waals surface area contributed by atoms with Gasteiger partial charge in [0, 0.05) is 36.0 Å². The number of nitrogens with two attached hydrogens (primary N) is 1. The number of carbonyl (C=O) groups excluding carboxylic acids is 1. The molecule has 9 nitrogen and oxygen atoms in total. The van der Waals surface area contributed by atoms with Crippen LogP contribution in [0.25, 0.3) is 21.7 Å². The highest BCUT2D eigenvalue weighted by molar-refractivity contribution is 8.04. The van der Waals surface area contributed by atoms with E-state index in [0.717, 1.165) is 19.4 Å². The van der Waals surface area contributed by atoms with Crippen LogP contribution in [-0.4, -0.2) is 54.1 Å². The summed E-state index contributed by atoms with van der Waals surface area (Å²) in [4.78, 5) is 33.2. The van der Waals surface area contributed by atoms with Gasteiger partial charge in [0.05, 0.1) is 10.9 Å². The van der Waals surface area contributed by atoms with Crippen molar-refractivity contribution in [2.45, 2.75) is 31.7 Å². The summed E-state index contributed by atoms with van der Waals surface area (Å²) in [5, 5.41) is 8.85. The van der Waals surface area contributed by atoms with E-state index in [1.807, 2.05) is 0 Å². The number of likely N-dealkylation sites (tertiary alicyclic amines) is 1. The number of pyridine rings is 2. The molecule has 1 atom stereocenters. The minimum absolute atomic E-state index is 0.0536. The Morgan fingerprint density at radius 3 is 2.91 bits per heavy atom. The molecule has 3 aromatic rings. The molecule has 0 aliphatic carbocycles. The minimum atomic E-state index is -4.13. The smallest absolute Gasteiger partial charge is 0.271 e. The summed E-state index contributed by atoms with van der Waals surface area (Å²) < 4.78 is 36.1. The van der Waals surface area contributed by atoms with Crippen molar-refractivity contribution in [2.24, 2.45) is 5.14 Å². The first-order valence-electron chi connectivity index (χ1n) is 10.4. The van der Waals surface area contributed by atoms with Gasteiger partial charge in [0.25, 0.3) is 20.7 Å². The highest BCUT2D eigenvalue weighted by Gasteiger charge is 2.23. The van der Waals surface area contributed by atoms with E-state index in [9.17, 15) is 22.4 Å². The lowest BCUT2D eigenvalue weighted by atomic mass is 10.0. The Labute approximate surface area is 183 Å². The molecule has 1 aliphatic rings. The first-order valence-corrected chi connectivity index (χ1v) is 11.9. The van der Waals surface area contributed by atoms with Gasteiger partial charge >= 0.3 is 0 Å². The second kappa shape index (κ2) is 8.93. The Morgan fingerprint density at radius 2 is 2.12 bits per heavy atom. The number of nitrogens with one attached hydrogen (secondary N) is 2. The fourth-order valence-corrected chi connectivity index (χ4v) is 4.63. The number of rotatable bonds is 6. The molecule has 0 saturated carbocycles. The lowest BCUT2D eigenvalue weighted by Gasteiger charge is -2.33. The number of nitrogens with zero attached hydrogens (tertiary/aromatic N) is 2. The SMILES string of the molecule is NS(=O)(=O)C(=O)CCCN1CCC[C@@H](Nc2nc3cc[nH]c(=O)c3c3cc(F)ccc23)C1. The minimum Gasteiger partial charge on any atom is -0.366 e. The van der Waals surface area contributed by atoms with Crippen molar-refractivity contribution < 1.29 is 17.6 Å². The number of H-pyrrole nitrogens is 1. The van der Waals surface area contributed by atoms with Gasteiger partial charge in [-0.15, -0.1) is 0 Å². The fourth-order valence-electron chi connectivity index (χ4n) is 4.20. The number of aromatic nitrogens is 2. The van der Waals surface area contributed by atoms with E-state index in [1.165, 1.54) is 18.3 Å². The largest absolute Gasteiger partial charge is 0.366 e. The number of hydrogen-bond acceptors (Lipinski definition) is 7. The normalized spacial score (nSPS) is 17.6. The van der Waals surface area contributed by atoms with Gasteiger partial charge in [-0.3, -0.25) is 9.59 Å². The number of fused-ring (bicyclic) bond motifs is 3. The summed E-state index contributed by atoms with van der Waals surface area (Å²) in [5.74, 6) is 0.145. The molecule has 1 fully saturated rings. The number of hydrogen-bond donors (Lipinski definition) is 3. The summed E-state index contributed by atoms with van der Waals surface area (Å²) in [6.07, 6.45) is 3.62. The molecule has 0 unspecified atom stereocenters. The average molecular weight is 462 g/mol. The van der Waals surface area contributed by atoms with Crippen LogP contribution >= 0.6 is 0 Å². The van der Waals surface area contributed by atoms with Gasteiger partial charge in [0.2, 0.25) is 0 Å². The zero-order valence-electron chi connectivity index (χ0n) is 17.3. The number of benzene rings is 1. The lowest BCUT2D eigenvalue weighted by Crippen LogP contribution is -2.42. The summed E-state index contributed by atoms with van der Waals surface area (Å²) in [7, 11) is -4.13. The van der Waals surface area contributed by atoms with Crippen LogP contribution < -0.4 is 16.0 Å². The first kappa shape index (κ1) is 22.3. The monoisotopic (exact) mass is 461 g/mol. The van der Waals surface area contributed by atoms with Gasteiger partial charge in [-0.2, -0.15) is 0 Å². The number of piperidine rings is 1. The van der Waals surface area contributed by atoms with Crippen molar-refractivity contribution in [3.63, 3.8) is 0 Å². The zero-order valence-corrected chi connectivity index (χ0v) is 18.1. The molecular formula is C21H24FN5O4S. The van der Waals surface area contributed by atoms with Crippen molar-refractivity contribution in [1.82, 2.24) is 14.9 Å². The Morgan fingerprint density at radius 1 is 1.31 bits per heavy atom. The van der Waals surface area contributed by atoms with E-state index in [1.54, 1.807) is 12.1 Å². The van der Waals surface area contributed by atoms with E-state index >= 15 is 0 Å². The topological polar surface area (TPSA) is 138 Å². The lowest BCUT2D eigenvalue weighted by molar-refractivity contribution is -0.111. The molecule has 0 spiro atoms. The van der Waals surface area contributed by atoms with Gasteiger partial charge in [-0.1, -0.05) is 0 Å². The second-order valence-corrected chi connectivity index (χ2v) is 9.57. The Bertz CT molecular complexity index is 1340. The highest BCUT2D eigenvalue weighted by Crippen LogP contribution is 2.29. The van der Waals surface area contributed by atoms with Crippen molar-refractivity contribution in [1.29, 1.82) is 0 Å². The van der Waals surface area contributed by atoms with Gasteiger partial charge in [0.1, 0.15) is 11.6 Å².